The van der Waals surface area contributed by atoms with Crippen molar-refractivity contribution in [2.75, 3.05) is 26.1 Å². The number of nitrogens with zero attached hydrogens (tertiary/aromatic N) is 1. The quantitative estimate of drug-likeness (QED) is 0.648. The number of carbonyl (C=O) groups is 2. The second-order valence-electron chi connectivity index (χ2n) is 5.85. The van der Waals surface area contributed by atoms with Gasteiger partial charge >= 0.3 is 11.9 Å². The van der Waals surface area contributed by atoms with Gasteiger partial charge in [0, 0.05) is 23.3 Å². The zero-order valence-corrected chi connectivity index (χ0v) is 15.8. The zero-order valence-electron chi connectivity index (χ0n) is 15.8. The molecule has 2 aromatic carbocycles. The topological polar surface area (TPSA) is 86.8 Å². The Morgan fingerprint density at radius 1 is 1.07 bits per heavy atom. The van der Waals surface area contributed by atoms with Crippen molar-refractivity contribution in [1.29, 1.82) is 0 Å². The molecule has 0 fully saturated rings. The van der Waals surface area contributed by atoms with E-state index in [4.69, 9.17) is 14.2 Å². The number of aromatic nitrogens is 1. The highest BCUT2D eigenvalue weighted by atomic mass is 16.5. The van der Waals surface area contributed by atoms with Gasteiger partial charge in [-0.1, -0.05) is 6.07 Å². The summed E-state index contributed by atoms with van der Waals surface area (Å²) in [6, 6.07) is 12.2. The Balaban J connectivity index is 2.19. The van der Waals surface area contributed by atoms with Crippen LogP contribution < -0.4 is 10.1 Å². The molecule has 0 aliphatic carbocycles. The number of hydrogen-bond acceptors (Lipinski definition) is 7. The van der Waals surface area contributed by atoms with E-state index in [0.717, 1.165) is 0 Å². The van der Waals surface area contributed by atoms with Crippen LogP contribution in [0.3, 0.4) is 0 Å². The van der Waals surface area contributed by atoms with Crippen LogP contribution >= 0.6 is 0 Å². The number of hydrogen-bond donors (Lipinski definition) is 1. The van der Waals surface area contributed by atoms with Crippen LogP contribution in [0.4, 0.5) is 11.4 Å². The fourth-order valence-corrected chi connectivity index (χ4v) is 2.78. The van der Waals surface area contributed by atoms with Gasteiger partial charge in [-0.15, -0.1) is 0 Å². The van der Waals surface area contributed by atoms with Gasteiger partial charge < -0.3 is 19.5 Å². The molecule has 0 spiro atoms. The lowest BCUT2D eigenvalue weighted by Gasteiger charge is -2.15. The summed E-state index contributed by atoms with van der Waals surface area (Å²) in [4.78, 5) is 28.8. The summed E-state index contributed by atoms with van der Waals surface area (Å²) in [7, 11) is 2.89. The van der Waals surface area contributed by atoms with Gasteiger partial charge in [0.25, 0.3) is 0 Å². The third-order valence-corrected chi connectivity index (χ3v) is 4.12. The molecule has 1 heterocycles. The molecular formula is C21H20N2O5. The van der Waals surface area contributed by atoms with Crippen molar-refractivity contribution in [2.45, 2.75) is 6.92 Å². The normalized spacial score (nSPS) is 10.4. The van der Waals surface area contributed by atoms with E-state index in [9.17, 15) is 9.59 Å². The third kappa shape index (κ3) is 3.88. The minimum Gasteiger partial charge on any atom is -0.497 e. The SMILES string of the molecule is CCOC(=O)c1cnc2ccc(C(=O)OC)cc2c1Nc1cccc(OC)c1. The van der Waals surface area contributed by atoms with Crippen molar-refractivity contribution in [3.63, 3.8) is 0 Å². The Morgan fingerprint density at radius 2 is 1.89 bits per heavy atom. The first-order valence-electron chi connectivity index (χ1n) is 8.66. The van der Waals surface area contributed by atoms with E-state index >= 15 is 0 Å². The maximum atomic E-state index is 12.5. The average Bonchev–Trinajstić information content (AvgIpc) is 2.73. The Morgan fingerprint density at radius 3 is 2.61 bits per heavy atom. The van der Waals surface area contributed by atoms with Crippen molar-refractivity contribution >= 4 is 34.2 Å². The Hall–Kier alpha value is -3.61. The number of carbonyl (C=O) groups excluding carboxylic acids is 2. The summed E-state index contributed by atoms with van der Waals surface area (Å²) in [6.07, 6.45) is 1.46. The molecule has 0 saturated carbocycles. The van der Waals surface area contributed by atoms with Crippen LogP contribution in [0.25, 0.3) is 10.9 Å². The molecule has 0 amide bonds. The molecule has 7 heteroatoms. The van der Waals surface area contributed by atoms with E-state index in [1.807, 2.05) is 18.2 Å². The summed E-state index contributed by atoms with van der Waals surface area (Å²) in [5, 5.41) is 3.83. The van der Waals surface area contributed by atoms with Crippen LogP contribution in [-0.2, 0) is 9.47 Å². The van der Waals surface area contributed by atoms with E-state index in [1.54, 1.807) is 38.3 Å². The number of fused-ring (bicyclic) bond motifs is 1. The summed E-state index contributed by atoms with van der Waals surface area (Å²) in [5.74, 6) is -0.321. The number of nitrogens with one attached hydrogen (secondary N) is 1. The molecule has 3 rings (SSSR count). The Bertz CT molecular complexity index is 1030. The summed E-state index contributed by atoms with van der Waals surface area (Å²) < 4.78 is 15.2. The highest BCUT2D eigenvalue weighted by Gasteiger charge is 2.18. The van der Waals surface area contributed by atoms with E-state index in [-0.39, 0.29) is 12.2 Å². The van der Waals surface area contributed by atoms with Crippen LogP contribution in [0.1, 0.15) is 27.6 Å². The van der Waals surface area contributed by atoms with Gasteiger partial charge in [0.1, 0.15) is 11.3 Å². The first-order chi connectivity index (χ1) is 13.6. The summed E-state index contributed by atoms with van der Waals surface area (Å²) >= 11 is 0. The highest BCUT2D eigenvalue weighted by Crippen LogP contribution is 2.31. The molecule has 28 heavy (non-hydrogen) atoms. The zero-order chi connectivity index (χ0) is 20.1. The lowest BCUT2D eigenvalue weighted by atomic mass is 10.1. The van der Waals surface area contributed by atoms with E-state index in [1.165, 1.54) is 13.3 Å². The van der Waals surface area contributed by atoms with Crippen molar-refractivity contribution in [2.24, 2.45) is 0 Å². The maximum absolute atomic E-state index is 12.5. The number of esters is 2. The monoisotopic (exact) mass is 380 g/mol. The second-order valence-corrected chi connectivity index (χ2v) is 5.85. The third-order valence-electron chi connectivity index (χ3n) is 4.12. The fourth-order valence-electron chi connectivity index (χ4n) is 2.78. The Labute approximate surface area is 162 Å². The number of anilines is 2. The predicted octanol–water partition coefficient (Wildman–Crippen LogP) is 3.95. The molecule has 7 nitrogen and oxygen atoms in total. The van der Waals surface area contributed by atoms with Crippen molar-refractivity contribution in [3.8, 4) is 5.75 Å². The Kier molecular flexibility index (Phi) is 5.74. The van der Waals surface area contributed by atoms with Gasteiger partial charge in [-0.05, 0) is 37.3 Å². The van der Waals surface area contributed by atoms with E-state index in [2.05, 4.69) is 10.3 Å². The average molecular weight is 380 g/mol. The van der Waals surface area contributed by atoms with Crippen molar-refractivity contribution in [1.82, 2.24) is 4.98 Å². The van der Waals surface area contributed by atoms with E-state index < -0.39 is 11.9 Å². The predicted molar refractivity (Wildman–Crippen MR) is 105 cm³/mol. The molecule has 0 saturated heterocycles. The molecule has 0 bridgehead atoms. The van der Waals surface area contributed by atoms with Crippen LogP contribution in [0.15, 0.2) is 48.7 Å². The van der Waals surface area contributed by atoms with Crippen LogP contribution in [-0.4, -0.2) is 37.7 Å². The maximum Gasteiger partial charge on any atom is 0.341 e. The molecule has 1 N–H and O–H groups in total. The smallest absolute Gasteiger partial charge is 0.341 e. The van der Waals surface area contributed by atoms with Gasteiger partial charge in [-0.25, -0.2) is 9.59 Å². The van der Waals surface area contributed by atoms with Gasteiger partial charge in [0.2, 0.25) is 0 Å². The molecule has 3 aromatic rings. The first-order valence-corrected chi connectivity index (χ1v) is 8.66. The lowest BCUT2D eigenvalue weighted by Crippen LogP contribution is -2.10. The highest BCUT2D eigenvalue weighted by molar-refractivity contribution is 6.07. The molecule has 0 radical (unpaired) electrons. The van der Waals surface area contributed by atoms with Crippen LogP contribution in [0, 0.1) is 0 Å². The first kappa shape index (κ1) is 19.2. The van der Waals surface area contributed by atoms with Crippen molar-refractivity contribution < 1.29 is 23.8 Å². The van der Waals surface area contributed by atoms with Gasteiger partial charge in [-0.3, -0.25) is 4.98 Å². The molecule has 1 aromatic heterocycles. The van der Waals surface area contributed by atoms with Gasteiger partial charge in [-0.2, -0.15) is 0 Å². The number of ether oxygens (including phenoxy) is 3. The molecule has 144 valence electrons. The van der Waals surface area contributed by atoms with Gasteiger partial charge in [0.15, 0.2) is 0 Å². The standard InChI is InChI=1S/C21H20N2O5/c1-4-28-21(25)17-12-22-18-9-8-13(20(24)27-3)10-16(18)19(17)23-14-6-5-7-15(11-14)26-2/h5-12H,4H2,1-3H3,(H,22,23). The van der Waals surface area contributed by atoms with Crippen LogP contribution in [0.5, 0.6) is 5.75 Å². The number of methoxy groups -OCH3 is 2. The number of rotatable bonds is 6. The molecular weight excluding hydrogens is 360 g/mol. The minimum atomic E-state index is -0.509. The summed E-state index contributed by atoms with van der Waals surface area (Å²) in [6.45, 7) is 1.97. The second kappa shape index (κ2) is 8.39. The van der Waals surface area contributed by atoms with Crippen molar-refractivity contribution in [3.05, 3.63) is 59.8 Å². The number of benzene rings is 2. The van der Waals surface area contributed by atoms with Crippen LogP contribution in [0.2, 0.25) is 0 Å². The minimum absolute atomic E-state index is 0.234. The molecule has 0 aliphatic rings. The molecule has 0 unspecified atom stereocenters. The fraction of sp³-hybridized carbons (Fsp3) is 0.190. The van der Waals surface area contributed by atoms with E-state index in [0.29, 0.717) is 33.6 Å². The summed E-state index contributed by atoms with van der Waals surface area (Å²) in [5.41, 5.74) is 2.43. The number of pyridine rings is 1. The molecule has 0 atom stereocenters. The molecule has 0 aliphatic heterocycles. The largest absolute Gasteiger partial charge is 0.497 e. The van der Waals surface area contributed by atoms with Gasteiger partial charge in [0.05, 0.1) is 37.6 Å². The lowest BCUT2D eigenvalue weighted by molar-refractivity contribution is 0.0526.